The van der Waals surface area contributed by atoms with Gasteiger partial charge in [0.15, 0.2) is 11.6 Å². The number of aromatic hydroxyl groups is 1. The van der Waals surface area contributed by atoms with Crippen molar-refractivity contribution >= 4 is 15.9 Å². The van der Waals surface area contributed by atoms with E-state index in [4.69, 9.17) is 5.11 Å². The number of halogens is 5. The van der Waals surface area contributed by atoms with Crippen LogP contribution in [0.2, 0.25) is 0 Å². The van der Waals surface area contributed by atoms with Crippen LogP contribution in [0.5, 0.6) is 5.75 Å². The van der Waals surface area contributed by atoms with Crippen molar-refractivity contribution in [3.8, 4) is 5.75 Å². The van der Waals surface area contributed by atoms with Gasteiger partial charge in [-0.15, -0.1) is 0 Å². The maximum Gasteiger partial charge on any atom is 0.416 e. The Kier molecular flexibility index (Phi) is 2.51. The molecule has 13 heavy (non-hydrogen) atoms. The Labute approximate surface area is 79.1 Å². The first-order valence-electron chi connectivity index (χ1n) is 3.07. The van der Waals surface area contributed by atoms with Gasteiger partial charge in [0.1, 0.15) is 0 Å². The maximum absolute atomic E-state index is 12.6. The summed E-state index contributed by atoms with van der Waals surface area (Å²) in [6.45, 7) is 0. The van der Waals surface area contributed by atoms with Crippen molar-refractivity contribution in [2.45, 2.75) is 6.18 Å². The van der Waals surface area contributed by atoms with Crippen LogP contribution in [0.25, 0.3) is 0 Å². The Morgan fingerprint density at radius 1 is 1.23 bits per heavy atom. The van der Waals surface area contributed by atoms with Gasteiger partial charge in [0.25, 0.3) is 0 Å². The summed E-state index contributed by atoms with van der Waals surface area (Å²) >= 11 is 2.60. The Morgan fingerprint density at radius 2 is 1.77 bits per heavy atom. The fourth-order valence-corrected chi connectivity index (χ4v) is 1.17. The lowest BCUT2D eigenvalue weighted by molar-refractivity contribution is -0.137. The van der Waals surface area contributed by atoms with E-state index >= 15 is 0 Å². The number of rotatable bonds is 0. The molecule has 0 radical (unpaired) electrons. The summed E-state index contributed by atoms with van der Waals surface area (Å²) in [6, 6.07) is 0.846. The number of hydrogen-bond donors (Lipinski definition) is 1. The van der Waals surface area contributed by atoms with E-state index in [9.17, 15) is 17.6 Å². The summed E-state index contributed by atoms with van der Waals surface area (Å²) in [6.07, 6.45) is -4.61. The quantitative estimate of drug-likeness (QED) is 0.708. The fourth-order valence-electron chi connectivity index (χ4n) is 0.729. The minimum atomic E-state index is -4.61. The van der Waals surface area contributed by atoms with Crippen molar-refractivity contribution in [1.82, 2.24) is 0 Å². The van der Waals surface area contributed by atoms with Crippen molar-refractivity contribution in [3.63, 3.8) is 0 Å². The molecular formula is C7H3BrF4O. The summed E-state index contributed by atoms with van der Waals surface area (Å²) in [5.74, 6) is -2.13. The zero-order chi connectivity index (χ0) is 10.2. The topological polar surface area (TPSA) is 20.2 Å². The van der Waals surface area contributed by atoms with Crippen LogP contribution in [-0.4, -0.2) is 5.11 Å². The summed E-state index contributed by atoms with van der Waals surface area (Å²) < 4.78 is 48.3. The van der Waals surface area contributed by atoms with E-state index in [1.165, 1.54) is 0 Å². The monoisotopic (exact) mass is 258 g/mol. The molecular weight excluding hydrogens is 256 g/mol. The van der Waals surface area contributed by atoms with Crippen molar-refractivity contribution < 1.29 is 22.7 Å². The number of phenols is 1. The van der Waals surface area contributed by atoms with Crippen LogP contribution in [0, 0.1) is 5.82 Å². The number of benzene rings is 1. The van der Waals surface area contributed by atoms with Gasteiger partial charge in [0, 0.05) is 0 Å². The average Bonchev–Trinajstić information content (AvgIpc) is 1.97. The Hall–Kier alpha value is -0.780. The molecule has 0 bridgehead atoms. The molecule has 0 aromatic heterocycles. The van der Waals surface area contributed by atoms with Gasteiger partial charge in [-0.3, -0.25) is 0 Å². The van der Waals surface area contributed by atoms with Crippen molar-refractivity contribution in [2.75, 3.05) is 0 Å². The van der Waals surface area contributed by atoms with Crippen molar-refractivity contribution in [1.29, 1.82) is 0 Å². The predicted molar refractivity (Wildman–Crippen MR) is 40.8 cm³/mol. The van der Waals surface area contributed by atoms with E-state index in [1.54, 1.807) is 0 Å². The molecule has 0 aliphatic rings. The highest BCUT2D eigenvalue weighted by atomic mass is 79.9. The van der Waals surface area contributed by atoms with Crippen molar-refractivity contribution in [3.05, 3.63) is 28.0 Å². The van der Waals surface area contributed by atoms with Gasteiger partial charge in [-0.05, 0) is 28.1 Å². The lowest BCUT2D eigenvalue weighted by atomic mass is 10.2. The van der Waals surface area contributed by atoms with E-state index < -0.39 is 23.3 Å². The van der Waals surface area contributed by atoms with Gasteiger partial charge in [0.05, 0.1) is 10.0 Å². The summed E-state index contributed by atoms with van der Waals surface area (Å²) in [7, 11) is 0. The zero-order valence-corrected chi connectivity index (χ0v) is 7.58. The highest BCUT2D eigenvalue weighted by Gasteiger charge is 2.32. The van der Waals surface area contributed by atoms with Crippen LogP contribution < -0.4 is 0 Å². The second kappa shape index (κ2) is 3.17. The smallest absolute Gasteiger partial charge is 0.416 e. The molecule has 1 rings (SSSR count). The van der Waals surface area contributed by atoms with Gasteiger partial charge in [-0.2, -0.15) is 13.2 Å². The Morgan fingerprint density at radius 3 is 2.15 bits per heavy atom. The molecule has 0 unspecified atom stereocenters. The van der Waals surface area contributed by atoms with Gasteiger partial charge < -0.3 is 5.11 Å². The minimum Gasteiger partial charge on any atom is -0.504 e. The third-order valence-corrected chi connectivity index (χ3v) is 1.95. The van der Waals surface area contributed by atoms with Gasteiger partial charge in [-0.25, -0.2) is 4.39 Å². The van der Waals surface area contributed by atoms with Crippen LogP contribution in [0.15, 0.2) is 16.6 Å². The molecule has 0 saturated carbocycles. The lowest BCUT2D eigenvalue weighted by Crippen LogP contribution is -2.05. The first-order valence-corrected chi connectivity index (χ1v) is 3.87. The van der Waals surface area contributed by atoms with Gasteiger partial charge in [0.2, 0.25) is 0 Å². The summed E-state index contributed by atoms with van der Waals surface area (Å²) in [5.41, 5.74) is -1.14. The highest BCUT2D eigenvalue weighted by molar-refractivity contribution is 9.10. The highest BCUT2D eigenvalue weighted by Crippen LogP contribution is 2.36. The molecule has 1 aromatic carbocycles. The number of hydrogen-bond acceptors (Lipinski definition) is 1. The Bertz CT molecular complexity index is 311. The van der Waals surface area contributed by atoms with Gasteiger partial charge in [-0.1, -0.05) is 0 Å². The molecule has 1 aromatic rings. The van der Waals surface area contributed by atoms with Crippen LogP contribution >= 0.6 is 15.9 Å². The first-order chi connectivity index (χ1) is 5.82. The van der Waals surface area contributed by atoms with Crippen LogP contribution in [0.1, 0.15) is 5.56 Å². The molecule has 0 spiro atoms. The molecule has 1 N–H and O–H groups in total. The van der Waals surface area contributed by atoms with Crippen molar-refractivity contribution in [2.24, 2.45) is 0 Å². The number of phenolic OH excluding ortho intramolecular Hbond substituents is 1. The second-order valence-corrected chi connectivity index (χ2v) is 3.14. The van der Waals surface area contributed by atoms with E-state index in [-0.39, 0.29) is 10.5 Å². The van der Waals surface area contributed by atoms with Crippen LogP contribution in [0.3, 0.4) is 0 Å². The Balaban J connectivity index is 3.29. The molecule has 6 heteroatoms. The lowest BCUT2D eigenvalue weighted by Gasteiger charge is -2.07. The van der Waals surface area contributed by atoms with Crippen LogP contribution in [0.4, 0.5) is 17.6 Å². The van der Waals surface area contributed by atoms with E-state index in [1.807, 2.05) is 0 Å². The van der Waals surface area contributed by atoms with E-state index in [0.29, 0.717) is 6.07 Å². The molecule has 0 heterocycles. The second-order valence-electron chi connectivity index (χ2n) is 2.29. The molecule has 0 aliphatic carbocycles. The van der Waals surface area contributed by atoms with Gasteiger partial charge >= 0.3 is 6.18 Å². The summed E-state index contributed by atoms with van der Waals surface area (Å²) in [5, 5.41) is 8.81. The predicted octanol–water partition coefficient (Wildman–Crippen LogP) is 3.31. The fraction of sp³-hybridized carbons (Fsp3) is 0.143. The molecule has 0 fully saturated rings. The molecule has 0 saturated heterocycles. The largest absolute Gasteiger partial charge is 0.504 e. The molecule has 1 nitrogen and oxygen atoms in total. The summed E-state index contributed by atoms with van der Waals surface area (Å²) in [4.78, 5) is 0. The number of alkyl halides is 3. The maximum atomic E-state index is 12.6. The normalized spacial score (nSPS) is 11.8. The first kappa shape index (κ1) is 10.3. The average molecular weight is 259 g/mol. The third kappa shape index (κ3) is 2.12. The van der Waals surface area contributed by atoms with Crippen LogP contribution in [-0.2, 0) is 6.18 Å². The minimum absolute atomic E-state index is 0.236. The molecule has 72 valence electrons. The zero-order valence-electron chi connectivity index (χ0n) is 5.99. The molecule has 0 amide bonds. The third-order valence-electron chi connectivity index (χ3n) is 1.34. The van der Waals surface area contributed by atoms with E-state index in [0.717, 1.165) is 0 Å². The van der Waals surface area contributed by atoms with E-state index in [2.05, 4.69) is 15.9 Å². The molecule has 0 atom stereocenters. The SMILES string of the molecule is Oc1c(F)cc(C(F)(F)F)cc1Br. The standard InChI is InChI=1S/C7H3BrF4O/c8-4-1-3(7(10,11)12)2-5(9)6(4)13/h1-2,13H. The molecule has 0 aliphatic heterocycles.